The maximum absolute atomic E-state index is 13.8. The number of esters is 2. The number of Topliss-reactive ketones (excluding diaryl/α,β-unsaturated/α-hetero) is 1. The number of hydrogen-bond donors (Lipinski definition) is 0. The average molecular weight is 400 g/mol. The van der Waals surface area contributed by atoms with Crippen LogP contribution in [0.3, 0.4) is 0 Å². The first-order valence-corrected chi connectivity index (χ1v) is 9.96. The molecule has 1 fully saturated rings. The van der Waals surface area contributed by atoms with Gasteiger partial charge in [-0.1, -0.05) is 67.6 Å². The second-order valence-corrected chi connectivity index (χ2v) is 7.84. The van der Waals surface area contributed by atoms with E-state index in [1.54, 1.807) is 30.3 Å². The van der Waals surface area contributed by atoms with Gasteiger partial charge in [0.2, 0.25) is 0 Å². The first kappa shape index (κ1) is 18.6. The Bertz CT molecular complexity index is 1210. The molecule has 0 unspecified atom stereocenters. The van der Waals surface area contributed by atoms with Gasteiger partial charge in [0.15, 0.2) is 11.2 Å². The fourth-order valence-corrected chi connectivity index (χ4v) is 5.49. The van der Waals surface area contributed by atoms with Crippen molar-refractivity contribution in [3.8, 4) is 5.75 Å². The van der Waals surface area contributed by atoms with Crippen molar-refractivity contribution in [3.05, 3.63) is 77.9 Å². The molecule has 2 aliphatic rings. The molecule has 3 atom stereocenters. The monoisotopic (exact) mass is 400 g/mol. The Morgan fingerprint density at radius 1 is 1.00 bits per heavy atom. The van der Waals surface area contributed by atoms with Crippen LogP contribution in [0.2, 0.25) is 0 Å². The summed E-state index contributed by atoms with van der Waals surface area (Å²) < 4.78 is 10.8. The van der Waals surface area contributed by atoms with Crippen LogP contribution in [0, 0.1) is 10.8 Å². The van der Waals surface area contributed by atoms with Gasteiger partial charge in [0, 0.05) is 17.0 Å². The van der Waals surface area contributed by atoms with E-state index >= 15 is 0 Å². The third kappa shape index (κ3) is 1.99. The molecule has 0 saturated heterocycles. The number of rotatable bonds is 4. The summed E-state index contributed by atoms with van der Waals surface area (Å²) in [4.78, 5) is 40.2. The molecule has 5 heteroatoms. The quantitative estimate of drug-likeness (QED) is 0.283. The number of benzene rings is 3. The molecular formula is C25H20O5. The Hall–Kier alpha value is -3.47. The molecule has 0 amide bonds. The summed E-state index contributed by atoms with van der Waals surface area (Å²) in [5, 5.41) is 1.83. The van der Waals surface area contributed by atoms with Crippen molar-refractivity contribution in [1.29, 1.82) is 0 Å². The van der Waals surface area contributed by atoms with Gasteiger partial charge in [0.05, 0.1) is 12.5 Å². The zero-order valence-electron chi connectivity index (χ0n) is 16.7. The number of carbonyl (C=O) groups is 3. The van der Waals surface area contributed by atoms with Crippen LogP contribution in [0.5, 0.6) is 5.75 Å². The molecule has 0 spiro atoms. The molecule has 1 saturated carbocycles. The molecule has 0 aromatic heterocycles. The lowest BCUT2D eigenvalue weighted by Gasteiger charge is -2.23. The van der Waals surface area contributed by atoms with Crippen molar-refractivity contribution in [2.75, 3.05) is 7.11 Å². The van der Waals surface area contributed by atoms with Crippen LogP contribution in [0.1, 0.15) is 35.2 Å². The van der Waals surface area contributed by atoms with E-state index < -0.39 is 28.7 Å². The highest BCUT2D eigenvalue weighted by Gasteiger charge is 2.90. The molecule has 0 bridgehead atoms. The van der Waals surface area contributed by atoms with E-state index in [2.05, 4.69) is 0 Å². The minimum atomic E-state index is -1.68. The molecule has 0 N–H and O–H groups in total. The lowest BCUT2D eigenvalue weighted by molar-refractivity contribution is -0.160. The Morgan fingerprint density at radius 2 is 1.70 bits per heavy atom. The summed E-state index contributed by atoms with van der Waals surface area (Å²) in [7, 11) is 1.24. The highest BCUT2D eigenvalue weighted by Crippen LogP contribution is 2.80. The van der Waals surface area contributed by atoms with E-state index in [-0.39, 0.29) is 5.78 Å². The van der Waals surface area contributed by atoms with E-state index in [4.69, 9.17) is 9.47 Å². The molecule has 1 aliphatic carbocycles. The lowest BCUT2D eigenvalue weighted by Crippen LogP contribution is -2.40. The molecule has 150 valence electrons. The standard InChI is InChI=1S/C25H20O5/c1-3-24(21(26)16-10-5-4-6-11-16)20-19-17-12-8-7-9-15(17)13-14-18(19)30-23(28)25(20,24)22(27)29-2/h4-14,20H,3H2,1-2H3/t20-,24+,25+/m0/s1. The summed E-state index contributed by atoms with van der Waals surface area (Å²) in [6, 6.07) is 20.1. The van der Waals surface area contributed by atoms with Gasteiger partial charge in [-0.25, -0.2) is 0 Å². The van der Waals surface area contributed by atoms with Gasteiger partial charge in [0.1, 0.15) is 5.75 Å². The molecule has 30 heavy (non-hydrogen) atoms. The first-order chi connectivity index (χ1) is 14.5. The molecule has 1 heterocycles. The van der Waals surface area contributed by atoms with Crippen molar-refractivity contribution in [2.24, 2.45) is 10.8 Å². The maximum Gasteiger partial charge on any atom is 0.330 e. The van der Waals surface area contributed by atoms with Gasteiger partial charge in [-0.05, 0) is 23.3 Å². The van der Waals surface area contributed by atoms with E-state index in [0.29, 0.717) is 17.7 Å². The van der Waals surface area contributed by atoms with Gasteiger partial charge in [-0.15, -0.1) is 0 Å². The van der Waals surface area contributed by atoms with E-state index in [9.17, 15) is 14.4 Å². The topological polar surface area (TPSA) is 69.7 Å². The van der Waals surface area contributed by atoms with E-state index in [1.165, 1.54) is 7.11 Å². The third-order valence-corrected chi connectivity index (χ3v) is 6.80. The fourth-order valence-electron chi connectivity index (χ4n) is 5.49. The minimum absolute atomic E-state index is 0.237. The number of hydrogen-bond acceptors (Lipinski definition) is 5. The lowest BCUT2D eigenvalue weighted by atomic mass is 9.83. The smallest absolute Gasteiger partial charge is 0.330 e. The summed E-state index contributed by atoms with van der Waals surface area (Å²) in [6.45, 7) is 1.84. The Labute approximate surface area is 173 Å². The molecule has 5 rings (SSSR count). The van der Waals surface area contributed by atoms with Crippen LogP contribution in [0.4, 0.5) is 0 Å². The second-order valence-electron chi connectivity index (χ2n) is 7.84. The largest absolute Gasteiger partial charge is 0.468 e. The summed E-state index contributed by atoms with van der Waals surface area (Å²) in [5.74, 6) is -1.91. The first-order valence-electron chi connectivity index (χ1n) is 9.96. The van der Waals surface area contributed by atoms with Crippen molar-refractivity contribution >= 4 is 28.5 Å². The van der Waals surface area contributed by atoms with Gasteiger partial charge >= 0.3 is 11.9 Å². The molecule has 3 aromatic rings. The highest BCUT2D eigenvalue weighted by atomic mass is 16.6. The minimum Gasteiger partial charge on any atom is -0.468 e. The Kier molecular flexibility index (Phi) is 3.87. The van der Waals surface area contributed by atoms with Crippen LogP contribution in [0.25, 0.3) is 10.8 Å². The van der Waals surface area contributed by atoms with Gasteiger partial charge < -0.3 is 9.47 Å². The van der Waals surface area contributed by atoms with Gasteiger partial charge in [-0.3, -0.25) is 14.4 Å². The Balaban J connectivity index is 1.83. The predicted octanol–water partition coefficient (Wildman–Crippen LogP) is 4.29. The van der Waals surface area contributed by atoms with Crippen LogP contribution < -0.4 is 4.74 Å². The zero-order valence-corrected chi connectivity index (χ0v) is 16.7. The van der Waals surface area contributed by atoms with E-state index in [1.807, 2.05) is 43.3 Å². The zero-order chi connectivity index (χ0) is 21.1. The highest BCUT2D eigenvalue weighted by molar-refractivity contribution is 6.21. The van der Waals surface area contributed by atoms with Crippen LogP contribution in [0.15, 0.2) is 66.7 Å². The van der Waals surface area contributed by atoms with Gasteiger partial charge in [-0.2, -0.15) is 0 Å². The molecule has 0 radical (unpaired) electrons. The summed E-state index contributed by atoms with van der Waals surface area (Å²) in [6.07, 6.45) is 0.304. The molecule has 3 aromatic carbocycles. The van der Waals surface area contributed by atoms with Crippen LogP contribution >= 0.6 is 0 Å². The van der Waals surface area contributed by atoms with Crippen molar-refractivity contribution in [1.82, 2.24) is 0 Å². The number of methoxy groups -OCH3 is 1. The van der Waals surface area contributed by atoms with Crippen LogP contribution in [-0.2, 0) is 14.3 Å². The average Bonchev–Trinajstić information content (AvgIpc) is 3.44. The van der Waals surface area contributed by atoms with Crippen molar-refractivity contribution in [3.63, 3.8) is 0 Å². The normalized spacial score (nSPS) is 26.3. The number of ether oxygens (including phenoxy) is 2. The fraction of sp³-hybridized carbons (Fsp3) is 0.240. The molecule has 1 aliphatic heterocycles. The number of carbonyl (C=O) groups excluding carboxylic acids is 3. The van der Waals surface area contributed by atoms with Crippen LogP contribution in [-0.4, -0.2) is 24.8 Å². The third-order valence-electron chi connectivity index (χ3n) is 6.80. The second kappa shape index (κ2) is 6.26. The summed E-state index contributed by atoms with van der Waals surface area (Å²) in [5.41, 5.74) is -1.75. The maximum atomic E-state index is 13.8. The van der Waals surface area contributed by atoms with Crippen molar-refractivity contribution in [2.45, 2.75) is 19.3 Å². The SMILES string of the molecule is CC[C@]1(C(=O)c2ccccc2)[C@@H]2c3c(ccc4ccccc34)OC(=O)[C@]21C(=O)OC. The Morgan fingerprint density at radius 3 is 2.40 bits per heavy atom. The molecule has 5 nitrogen and oxygen atoms in total. The number of fused-ring (bicyclic) bond motifs is 5. The molecular weight excluding hydrogens is 380 g/mol. The van der Waals surface area contributed by atoms with Gasteiger partial charge in [0.25, 0.3) is 0 Å². The summed E-state index contributed by atoms with van der Waals surface area (Å²) >= 11 is 0. The van der Waals surface area contributed by atoms with E-state index in [0.717, 1.165) is 16.3 Å². The predicted molar refractivity (Wildman–Crippen MR) is 110 cm³/mol. The van der Waals surface area contributed by atoms with Crippen molar-refractivity contribution < 1.29 is 23.9 Å². The number of ketones is 1.